The molecule has 1 aliphatic rings. The van der Waals surface area contributed by atoms with E-state index in [0.717, 1.165) is 21.6 Å². The number of nitrogens with one attached hydrogen (secondary N) is 1. The molecule has 2 N–H and O–H groups in total. The first kappa shape index (κ1) is 21.0. The number of hydrogen-bond donors (Lipinski definition) is 2. The van der Waals surface area contributed by atoms with Gasteiger partial charge in [-0.3, -0.25) is 14.8 Å². The zero-order valence-corrected chi connectivity index (χ0v) is 17.7. The Morgan fingerprint density at radius 1 is 1.16 bits per heavy atom. The number of thiophene rings is 1. The summed E-state index contributed by atoms with van der Waals surface area (Å²) in [6.45, 7) is 2.86. The molecule has 0 radical (unpaired) electrons. The minimum atomic E-state index is -0.552. The van der Waals surface area contributed by atoms with Crippen LogP contribution in [0.3, 0.4) is 0 Å². The van der Waals surface area contributed by atoms with Crippen molar-refractivity contribution in [1.82, 2.24) is 10.4 Å². The maximum Gasteiger partial charge on any atom is 0.284 e. The molecular formula is C24H21FN2O3S. The lowest BCUT2D eigenvalue weighted by molar-refractivity contribution is -0.125. The molecular weight excluding hydrogens is 415 g/mol. The maximum atomic E-state index is 13.7. The van der Waals surface area contributed by atoms with Gasteiger partial charge in [-0.1, -0.05) is 42.0 Å². The maximum absolute atomic E-state index is 13.7. The molecule has 0 saturated carbocycles. The number of carbonyl (C=O) groups excluding carboxylic acids is 2. The third-order valence-electron chi connectivity index (χ3n) is 5.23. The van der Waals surface area contributed by atoms with Crippen molar-refractivity contribution >= 4 is 34.8 Å². The van der Waals surface area contributed by atoms with Gasteiger partial charge in [0.15, 0.2) is 0 Å². The fourth-order valence-electron chi connectivity index (χ4n) is 3.61. The summed E-state index contributed by atoms with van der Waals surface area (Å²) in [5.74, 6) is -1.07. The number of fused-ring (bicyclic) bond motifs is 1. The van der Waals surface area contributed by atoms with E-state index in [-0.39, 0.29) is 11.7 Å². The van der Waals surface area contributed by atoms with Gasteiger partial charge in [0.2, 0.25) is 0 Å². The molecule has 158 valence electrons. The zero-order chi connectivity index (χ0) is 22.0. The summed E-state index contributed by atoms with van der Waals surface area (Å²) in [6, 6.07) is 15.5. The van der Waals surface area contributed by atoms with Crippen LogP contribution < -0.4 is 5.48 Å². The molecule has 1 aromatic heterocycles. The van der Waals surface area contributed by atoms with E-state index in [1.165, 1.54) is 23.5 Å². The summed E-state index contributed by atoms with van der Waals surface area (Å²) < 4.78 is 13.7. The summed E-state index contributed by atoms with van der Waals surface area (Å²) in [4.78, 5) is 28.4. The first-order chi connectivity index (χ1) is 14.9. The minimum Gasteiger partial charge on any atom is -0.334 e. The normalized spacial score (nSPS) is 13.6. The molecule has 0 spiro atoms. The predicted molar refractivity (Wildman–Crippen MR) is 118 cm³/mol. The van der Waals surface area contributed by atoms with Gasteiger partial charge >= 0.3 is 0 Å². The molecule has 0 bridgehead atoms. The average molecular weight is 437 g/mol. The molecule has 0 aliphatic carbocycles. The third-order valence-corrected chi connectivity index (χ3v) is 6.47. The van der Waals surface area contributed by atoms with E-state index in [0.29, 0.717) is 35.5 Å². The standard InChI is InChI=1S/C24H21FN2O3S/c1-15-5-7-17(8-6-15)20(12-16-3-2-4-19(25)11-16)24(29)27-10-9-21-18(14-27)13-22(31-21)23(28)26-30/h2-8,11-13,30H,9-10,14H2,1H3,(H,26,28). The third kappa shape index (κ3) is 4.57. The van der Waals surface area contributed by atoms with Crippen molar-refractivity contribution in [2.75, 3.05) is 6.54 Å². The Balaban J connectivity index is 1.67. The second-order valence-corrected chi connectivity index (χ2v) is 8.59. The highest BCUT2D eigenvalue weighted by atomic mass is 32.1. The molecule has 4 rings (SSSR count). The topological polar surface area (TPSA) is 69.6 Å². The SMILES string of the molecule is Cc1ccc(C(=Cc2cccc(F)c2)C(=O)N2CCc3sc(C(=O)NO)cc3C2)cc1. The highest BCUT2D eigenvalue weighted by molar-refractivity contribution is 7.14. The fraction of sp³-hybridized carbons (Fsp3) is 0.167. The number of nitrogens with zero attached hydrogens (tertiary/aromatic N) is 1. The van der Waals surface area contributed by atoms with Crippen LogP contribution in [0.15, 0.2) is 54.6 Å². The summed E-state index contributed by atoms with van der Waals surface area (Å²) in [5.41, 5.74) is 5.49. The van der Waals surface area contributed by atoms with Gasteiger partial charge in [-0.15, -0.1) is 11.3 Å². The number of hydrogen-bond acceptors (Lipinski definition) is 4. The van der Waals surface area contributed by atoms with Gasteiger partial charge in [0.1, 0.15) is 5.82 Å². The van der Waals surface area contributed by atoms with Crippen LogP contribution in [0.5, 0.6) is 0 Å². The van der Waals surface area contributed by atoms with Gasteiger partial charge in [0.25, 0.3) is 11.8 Å². The number of aryl methyl sites for hydroxylation is 1. The first-order valence-corrected chi connectivity index (χ1v) is 10.7. The molecule has 0 fully saturated rings. The monoisotopic (exact) mass is 436 g/mol. The van der Waals surface area contributed by atoms with Crippen molar-refractivity contribution in [2.45, 2.75) is 19.9 Å². The van der Waals surface area contributed by atoms with E-state index in [9.17, 15) is 14.0 Å². The zero-order valence-electron chi connectivity index (χ0n) is 16.9. The van der Waals surface area contributed by atoms with Crippen molar-refractivity contribution in [3.8, 4) is 0 Å². The summed E-state index contributed by atoms with van der Waals surface area (Å²) >= 11 is 1.33. The van der Waals surface area contributed by atoms with E-state index in [1.54, 1.807) is 34.7 Å². The number of hydroxylamine groups is 1. The van der Waals surface area contributed by atoms with Gasteiger partial charge in [0, 0.05) is 23.5 Å². The second kappa shape index (κ2) is 8.83. The number of halogens is 1. The van der Waals surface area contributed by atoms with E-state index >= 15 is 0 Å². The molecule has 0 atom stereocenters. The van der Waals surface area contributed by atoms with E-state index in [4.69, 9.17) is 5.21 Å². The van der Waals surface area contributed by atoms with Crippen LogP contribution in [0.2, 0.25) is 0 Å². The van der Waals surface area contributed by atoms with Crippen molar-refractivity contribution in [3.63, 3.8) is 0 Å². The van der Waals surface area contributed by atoms with Crippen LogP contribution in [-0.4, -0.2) is 28.5 Å². The lowest BCUT2D eigenvalue weighted by Crippen LogP contribution is -2.35. The highest BCUT2D eigenvalue weighted by Gasteiger charge is 2.26. The molecule has 5 nitrogen and oxygen atoms in total. The molecule has 2 amide bonds. The Morgan fingerprint density at radius 3 is 2.65 bits per heavy atom. The fourth-order valence-corrected chi connectivity index (χ4v) is 4.66. The molecule has 2 heterocycles. The van der Waals surface area contributed by atoms with Crippen LogP contribution in [0.4, 0.5) is 4.39 Å². The number of amides is 2. The molecule has 31 heavy (non-hydrogen) atoms. The molecule has 1 aliphatic heterocycles. The van der Waals surface area contributed by atoms with Gasteiger partial charge in [-0.05, 0) is 54.3 Å². The smallest absolute Gasteiger partial charge is 0.284 e. The van der Waals surface area contributed by atoms with Crippen molar-refractivity contribution in [1.29, 1.82) is 0 Å². The molecule has 0 unspecified atom stereocenters. The van der Waals surface area contributed by atoms with Crippen molar-refractivity contribution < 1.29 is 19.2 Å². The van der Waals surface area contributed by atoms with E-state index in [1.807, 2.05) is 31.2 Å². The van der Waals surface area contributed by atoms with Crippen LogP contribution in [0, 0.1) is 12.7 Å². The molecule has 2 aromatic carbocycles. The first-order valence-electron chi connectivity index (χ1n) is 9.84. The summed E-state index contributed by atoms with van der Waals surface area (Å²) in [6.07, 6.45) is 2.34. The minimum absolute atomic E-state index is 0.155. The largest absolute Gasteiger partial charge is 0.334 e. The quantitative estimate of drug-likeness (QED) is 0.275. The van der Waals surface area contributed by atoms with Crippen molar-refractivity contribution in [2.24, 2.45) is 0 Å². The Bertz CT molecular complexity index is 1170. The Kier molecular flexibility index (Phi) is 5.97. The lowest BCUT2D eigenvalue weighted by Gasteiger charge is -2.28. The average Bonchev–Trinajstić information content (AvgIpc) is 3.21. The van der Waals surface area contributed by atoms with Gasteiger partial charge in [0.05, 0.1) is 4.88 Å². The van der Waals surface area contributed by atoms with Gasteiger partial charge in [-0.25, -0.2) is 9.87 Å². The molecule has 7 heteroatoms. The lowest BCUT2D eigenvalue weighted by atomic mass is 9.99. The van der Waals surface area contributed by atoms with Crippen LogP contribution in [0.25, 0.3) is 11.6 Å². The summed E-state index contributed by atoms with van der Waals surface area (Å²) in [7, 11) is 0. The van der Waals surface area contributed by atoms with Crippen LogP contribution in [0.1, 0.15) is 36.8 Å². The Morgan fingerprint density at radius 2 is 1.94 bits per heavy atom. The van der Waals surface area contributed by atoms with Gasteiger partial charge in [-0.2, -0.15) is 0 Å². The van der Waals surface area contributed by atoms with E-state index < -0.39 is 5.91 Å². The van der Waals surface area contributed by atoms with Crippen molar-refractivity contribution in [3.05, 3.63) is 92.4 Å². The summed E-state index contributed by atoms with van der Waals surface area (Å²) in [5, 5.41) is 8.88. The molecule has 3 aromatic rings. The Hall–Kier alpha value is -3.29. The Labute approximate surface area is 183 Å². The molecule has 0 saturated heterocycles. The van der Waals surface area contributed by atoms with Gasteiger partial charge < -0.3 is 4.90 Å². The predicted octanol–water partition coefficient (Wildman–Crippen LogP) is 4.44. The second-order valence-electron chi connectivity index (χ2n) is 7.46. The number of benzene rings is 2. The number of carbonyl (C=O) groups is 2. The highest BCUT2D eigenvalue weighted by Crippen LogP contribution is 2.30. The van der Waals surface area contributed by atoms with Crippen LogP contribution >= 0.6 is 11.3 Å². The number of rotatable bonds is 4. The van der Waals surface area contributed by atoms with E-state index in [2.05, 4.69) is 0 Å². The van der Waals surface area contributed by atoms with Crippen LogP contribution in [-0.2, 0) is 17.8 Å².